The van der Waals surface area contributed by atoms with Crippen molar-refractivity contribution >= 4 is 5.91 Å². The number of rotatable bonds is 3. The van der Waals surface area contributed by atoms with E-state index in [9.17, 15) is 9.90 Å². The van der Waals surface area contributed by atoms with Crippen LogP contribution in [0.4, 0.5) is 0 Å². The van der Waals surface area contributed by atoms with Crippen molar-refractivity contribution in [3.63, 3.8) is 0 Å². The highest BCUT2D eigenvalue weighted by atomic mass is 16.3. The number of aliphatic hydroxyl groups is 1. The standard InChI is InChI=1S/C20H27N3O2/c1-16(25)23-10-7-20(8-11-23)6-9-22(14-19(20)15-24)13-18-4-2-17(12-21)3-5-18/h2-5,19,24H,6-11,13-15H2,1H3/t19-/m1/s1. The van der Waals surface area contributed by atoms with Crippen LogP contribution in [0.15, 0.2) is 24.3 Å². The Morgan fingerprint density at radius 3 is 2.44 bits per heavy atom. The van der Waals surface area contributed by atoms with Crippen LogP contribution in [-0.4, -0.2) is 53.6 Å². The summed E-state index contributed by atoms with van der Waals surface area (Å²) >= 11 is 0. The second kappa shape index (κ2) is 7.55. The van der Waals surface area contributed by atoms with Gasteiger partial charge in [0.2, 0.25) is 5.91 Å². The second-order valence-corrected chi connectivity index (χ2v) is 7.54. The van der Waals surface area contributed by atoms with Crippen LogP contribution >= 0.6 is 0 Å². The summed E-state index contributed by atoms with van der Waals surface area (Å²) < 4.78 is 0. The first kappa shape index (κ1) is 17.9. The van der Waals surface area contributed by atoms with Gasteiger partial charge in [0.05, 0.1) is 11.6 Å². The second-order valence-electron chi connectivity index (χ2n) is 7.54. The number of hydrogen-bond donors (Lipinski definition) is 1. The molecule has 2 aliphatic heterocycles. The Morgan fingerprint density at radius 2 is 1.88 bits per heavy atom. The van der Waals surface area contributed by atoms with E-state index in [-0.39, 0.29) is 23.8 Å². The van der Waals surface area contributed by atoms with Gasteiger partial charge in [-0.2, -0.15) is 5.26 Å². The van der Waals surface area contributed by atoms with Gasteiger partial charge in [0.25, 0.3) is 0 Å². The fourth-order valence-corrected chi connectivity index (χ4v) is 4.44. The molecule has 1 N–H and O–H groups in total. The zero-order valence-electron chi connectivity index (χ0n) is 14.9. The van der Waals surface area contributed by atoms with E-state index < -0.39 is 0 Å². The van der Waals surface area contributed by atoms with Crippen molar-refractivity contribution in [2.45, 2.75) is 32.7 Å². The van der Waals surface area contributed by atoms with Crippen LogP contribution in [0, 0.1) is 22.7 Å². The highest BCUT2D eigenvalue weighted by Crippen LogP contribution is 2.45. The monoisotopic (exact) mass is 341 g/mol. The zero-order chi connectivity index (χ0) is 17.9. The summed E-state index contributed by atoms with van der Waals surface area (Å²) in [6.07, 6.45) is 3.09. The zero-order valence-corrected chi connectivity index (χ0v) is 14.9. The molecule has 0 aromatic heterocycles. The summed E-state index contributed by atoms with van der Waals surface area (Å²) in [5.41, 5.74) is 2.08. The number of nitrogens with zero attached hydrogens (tertiary/aromatic N) is 3. The van der Waals surface area contributed by atoms with Crippen molar-refractivity contribution < 1.29 is 9.90 Å². The first-order valence-electron chi connectivity index (χ1n) is 9.14. The number of nitriles is 1. The minimum Gasteiger partial charge on any atom is -0.396 e. The van der Waals surface area contributed by atoms with E-state index in [0.29, 0.717) is 5.56 Å². The molecule has 0 aliphatic carbocycles. The predicted octanol–water partition coefficient (Wildman–Crippen LogP) is 2.00. The van der Waals surface area contributed by atoms with Crippen molar-refractivity contribution in [3.05, 3.63) is 35.4 Å². The lowest BCUT2D eigenvalue weighted by molar-refractivity contribution is -0.133. The van der Waals surface area contributed by atoms with E-state index in [1.54, 1.807) is 6.92 Å². The van der Waals surface area contributed by atoms with Gasteiger partial charge in [0, 0.05) is 45.6 Å². The van der Waals surface area contributed by atoms with Gasteiger partial charge in [-0.05, 0) is 48.9 Å². The number of aliphatic hydroxyl groups excluding tert-OH is 1. The number of carbonyl (C=O) groups excluding carboxylic acids is 1. The molecule has 1 aromatic rings. The van der Waals surface area contributed by atoms with Gasteiger partial charge in [-0.1, -0.05) is 12.1 Å². The number of piperidine rings is 2. The summed E-state index contributed by atoms with van der Waals surface area (Å²) in [6.45, 7) is 6.28. The average Bonchev–Trinajstić information content (AvgIpc) is 2.64. The highest BCUT2D eigenvalue weighted by Gasteiger charge is 2.44. The number of carbonyl (C=O) groups is 1. The lowest BCUT2D eigenvalue weighted by atomic mass is 9.64. The van der Waals surface area contributed by atoms with Gasteiger partial charge in [0.1, 0.15) is 0 Å². The summed E-state index contributed by atoms with van der Waals surface area (Å²) in [6, 6.07) is 9.91. The molecular weight excluding hydrogens is 314 g/mol. The third kappa shape index (κ3) is 3.86. The first-order valence-corrected chi connectivity index (χ1v) is 9.14. The summed E-state index contributed by atoms with van der Waals surface area (Å²) in [5, 5.41) is 18.9. The van der Waals surface area contributed by atoms with E-state index in [2.05, 4.69) is 11.0 Å². The summed E-state index contributed by atoms with van der Waals surface area (Å²) in [4.78, 5) is 15.9. The molecule has 0 unspecified atom stereocenters. The molecule has 2 heterocycles. The Bertz CT molecular complexity index is 642. The van der Waals surface area contributed by atoms with Crippen molar-refractivity contribution in [2.24, 2.45) is 11.3 Å². The van der Waals surface area contributed by atoms with Gasteiger partial charge in [-0.25, -0.2) is 0 Å². The van der Waals surface area contributed by atoms with Gasteiger partial charge < -0.3 is 10.0 Å². The van der Waals surface area contributed by atoms with Crippen LogP contribution in [0.2, 0.25) is 0 Å². The predicted molar refractivity (Wildman–Crippen MR) is 95.5 cm³/mol. The molecule has 3 rings (SSSR count). The van der Waals surface area contributed by atoms with Gasteiger partial charge in [-0.15, -0.1) is 0 Å². The highest BCUT2D eigenvalue weighted by molar-refractivity contribution is 5.73. The summed E-state index contributed by atoms with van der Waals surface area (Å²) in [7, 11) is 0. The molecule has 1 amide bonds. The molecule has 1 spiro atoms. The van der Waals surface area contributed by atoms with E-state index in [0.717, 1.165) is 52.0 Å². The molecule has 25 heavy (non-hydrogen) atoms. The maximum Gasteiger partial charge on any atom is 0.219 e. The maximum atomic E-state index is 11.6. The molecular formula is C20H27N3O2. The van der Waals surface area contributed by atoms with E-state index >= 15 is 0 Å². The van der Waals surface area contributed by atoms with E-state index in [1.165, 1.54) is 5.56 Å². The molecule has 2 saturated heterocycles. The fourth-order valence-electron chi connectivity index (χ4n) is 4.44. The minimum absolute atomic E-state index is 0.161. The first-order chi connectivity index (χ1) is 12.1. The van der Waals surface area contributed by atoms with Crippen LogP contribution in [0.1, 0.15) is 37.3 Å². The smallest absolute Gasteiger partial charge is 0.219 e. The van der Waals surface area contributed by atoms with Crippen LogP contribution in [0.3, 0.4) is 0 Å². The normalized spacial score (nSPS) is 23.4. The van der Waals surface area contributed by atoms with Crippen molar-refractivity contribution in [1.82, 2.24) is 9.80 Å². The number of amides is 1. The number of benzene rings is 1. The van der Waals surface area contributed by atoms with Gasteiger partial charge >= 0.3 is 0 Å². The molecule has 1 aromatic carbocycles. The van der Waals surface area contributed by atoms with Crippen LogP contribution in [0.5, 0.6) is 0 Å². The molecule has 134 valence electrons. The SMILES string of the molecule is CC(=O)N1CCC2(CCN(Cc3ccc(C#N)cc3)C[C@@H]2CO)CC1. The van der Waals surface area contributed by atoms with Crippen LogP contribution in [-0.2, 0) is 11.3 Å². The van der Waals surface area contributed by atoms with Crippen LogP contribution in [0.25, 0.3) is 0 Å². The Balaban J connectivity index is 1.61. The van der Waals surface area contributed by atoms with Gasteiger partial charge in [-0.3, -0.25) is 9.69 Å². The van der Waals surface area contributed by atoms with Crippen molar-refractivity contribution in [1.29, 1.82) is 5.26 Å². The Labute approximate surface area is 149 Å². The number of hydrogen-bond acceptors (Lipinski definition) is 4. The molecule has 0 radical (unpaired) electrons. The molecule has 0 saturated carbocycles. The molecule has 2 fully saturated rings. The lowest BCUT2D eigenvalue weighted by Gasteiger charge is -2.51. The van der Waals surface area contributed by atoms with Gasteiger partial charge in [0.15, 0.2) is 0 Å². The van der Waals surface area contributed by atoms with Crippen LogP contribution < -0.4 is 0 Å². The Morgan fingerprint density at radius 1 is 1.24 bits per heavy atom. The molecule has 1 atom stereocenters. The maximum absolute atomic E-state index is 11.6. The Kier molecular flexibility index (Phi) is 5.41. The lowest BCUT2D eigenvalue weighted by Crippen LogP contribution is -2.53. The Hall–Kier alpha value is -1.90. The van der Waals surface area contributed by atoms with Crippen molar-refractivity contribution in [2.75, 3.05) is 32.8 Å². The molecule has 5 nitrogen and oxygen atoms in total. The number of likely N-dealkylation sites (tertiary alicyclic amines) is 2. The molecule has 2 aliphatic rings. The quantitative estimate of drug-likeness (QED) is 0.913. The topological polar surface area (TPSA) is 67.6 Å². The minimum atomic E-state index is 0.161. The third-order valence-corrected chi connectivity index (χ3v) is 6.18. The molecule has 5 heteroatoms. The van der Waals surface area contributed by atoms with E-state index in [4.69, 9.17) is 5.26 Å². The fraction of sp³-hybridized carbons (Fsp3) is 0.600. The molecule has 0 bridgehead atoms. The van der Waals surface area contributed by atoms with E-state index in [1.807, 2.05) is 29.2 Å². The third-order valence-electron chi connectivity index (χ3n) is 6.18. The summed E-state index contributed by atoms with van der Waals surface area (Å²) in [5.74, 6) is 0.433. The van der Waals surface area contributed by atoms with Crippen molar-refractivity contribution in [3.8, 4) is 6.07 Å². The largest absolute Gasteiger partial charge is 0.396 e. The average molecular weight is 341 g/mol.